The molecule has 1 heterocycles. The summed E-state index contributed by atoms with van der Waals surface area (Å²) in [4.78, 5) is 11.8. The summed E-state index contributed by atoms with van der Waals surface area (Å²) in [7, 11) is -3.87. The van der Waals surface area contributed by atoms with Crippen LogP contribution in [0.1, 0.15) is 10.4 Å². The van der Waals surface area contributed by atoms with Crippen molar-refractivity contribution in [1.29, 1.82) is 0 Å². The van der Waals surface area contributed by atoms with Crippen LogP contribution < -0.4 is 10.5 Å². The minimum absolute atomic E-state index is 0.0530. The molecule has 0 fully saturated rings. The molecule has 1 amide bonds. The SMILES string of the molecule is NS(=O)(=O)c1cc(C(=O)Nc2ccc(F)c(F)c2)cs1. The van der Waals surface area contributed by atoms with E-state index in [-0.39, 0.29) is 15.5 Å². The van der Waals surface area contributed by atoms with Crippen LogP contribution in [0.15, 0.2) is 33.9 Å². The molecule has 106 valence electrons. The number of hydrogen-bond acceptors (Lipinski definition) is 4. The fourth-order valence-electron chi connectivity index (χ4n) is 1.36. The average molecular weight is 318 g/mol. The number of primary sulfonamides is 1. The molecule has 0 unspecified atom stereocenters. The van der Waals surface area contributed by atoms with E-state index < -0.39 is 27.6 Å². The summed E-state index contributed by atoms with van der Waals surface area (Å²) >= 11 is 0.793. The maximum Gasteiger partial charge on any atom is 0.256 e. The van der Waals surface area contributed by atoms with Crippen LogP contribution in [0.5, 0.6) is 0 Å². The molecule has 20 heavy (non-hydrogen) atoms. The Bertz CT molecular complexity index is 772. The van der Waals surface area contributed by atoms with Crippen LogP contribution in [-0.2, 0) is 10.0 Å². The second kappa shape index (κ2) is 5.27. The van der Waals surface area contributed by atoms with Crippen LogP contribution in [-0.4, -0.2) is 14.3 Å². The lowest BCUT2D eigenvalue weighted by Crippen LogP contribution is -2.12. The van der Waals surface area contributed by atoms with E-state index in [0.29, 0.717) is 0 Å². The summed E-state index contributed by atoms with van der Waals surface area (Å²) in [6.07, 6.45) is 0. The molecule has 0 saturated heterocycles. The Morgan fingerprint density at radius 3 is 2.45 bits per heavy atom. The van der Waals surface area contributed by atoms with E-state index in [1.165, 1.54) is 11.4 Å². The largest absolute Gasteiger partial charge is 0.322 e. The van der Waals surface area contributed by atoms with Gasteiger partial charge in [-0.1, -0.05) is 0 Å². The lowest BCUT2D eigenvalue weighted by atomic mass is 10.2. The number of carbonyl (C=O) groups is 1. The van der Waals surface area contributed by atoms with Crippen LogP contribution >= 0.6 is 11.3 Å². The molecule has 0 aliphatic carbocycles. The number of halogens is 2. The normalized spacial score (nSPS) is 11.3. The van der Waals surface area contributed by atoms with E-state index in [1.54, 1.807) is 0 Å². The first-order valence-electron chi connectivity index (χ1n) is 5.15. The van der Waals surface area contributed by atoms with Gasteiger partial charge in [0.2, 0.25) is 10.0 Å². The van der Waals surface area contributed by atoms with Crippen molar-refractivity contribution in [2.24, 2.45) is 5.14 Å². The number of anilines is 1. The highest BCUT2D eigenvalue weighted by atomic mass is 32.2. The average Bonchev–Trinajstić information content (AvgIpc) is 2.83. The van der Waals surface area contributed by atoms with Crippen molar-refractivity contribution in [3.63, 3.8) is 0 Å². The highest BCUT2D eigenvalue weighted by Crippen LogP contribution is 2.20. The molecule has 5 nitrogen and oxygen atoms in total. The zero-order valence-corrected chi connectivity index (χ0v) is 11.4. The standard InChI is InChI=1S/C11H8F2N2O3S2/c12-8-2-1-7(4-9(8)13)15-11(16)6-3-10(19-5-6)20(14,17)18/h1-5H,(H,15,16)(H2,14,17,18). The smallest absolute Gasteiger partial charge is 0.256 e. The van der Waals surface area contributed by atoms with E-state index >= 15 is 0 Å². The fraction of sp³-hybridized carbons (Fsp3) is 0. The van der Waals surface area contributed by atoms with Gasteiger partial charge in [-0.05, 0) is 18.2 Å². The number of hydrogen-bond donors (Lipinski definition) is 2. The van der Waals surface area contributed by atoms with Gasteiger partial charge in [-0.25, -0.2) is 22.3 Å². The number of sulfonamides is 1. The van der Waals surface area contributed by atoms with E-state index in [1.807, 2.05) is 0 Å². The summed E-state index contributed by atoms with van der Waals surface area (Å²) in [6.45, 7) is 0. The summed E-state index contributed by atoms with van der Waals surface area (Å²) in [5.41, 5.74) is 0.112. The van der Waals surface area contributed by atoms with Crippen LogP contribution in [0, 0.1) is 11.6 Å². The lowest BCUT2D eigenvalue weighted by Gasteiger charge is -2.03. The first kappa shape index (κ1) is 14.6. The highest BCUT2D eigenvalue weighted by Gasteiger charge is 2.15. The third-order valence-electron chi connectivity index (χ3n) is 2.30. The van der Waals surface area contributed by atoms with E-state index in [0.717, 1.165) is 29.5 Å². The van der Waals surface area contributed by atoms with Crippen molar-refractivity contribution in [3.8, 4) is 0 Å². The first-order chi connectivity index (χ1) is 9.27. The van der Waals surface area contributed by atoms with Gasteiger partial charge in [0.25, 0.3) is 5.91 Å². The predicted molar refractivity (Wildman–Crippen MR) is 70.0 cm³/mol. The van der Waals surface area contributed by atoms with Crippen LogP contribution in [0.4, 0.5) is 14.5 Å². The second-order valence-corrected chi connectivity index (χ2v) is 6.48. The Hall–Kier alpha value is -1.84. The minimum atomic E-state index is -3.87. The van der Waals surface area contributed by atoms with Gasteiger partial charge in [-0.2, -0.15) is 0 Å². The van der Waals surface area contributed by atoms with Crippen molar-refractivity contribution in [2.75, 3.05) is 5.32 Å². The molecule has 2 rings (SSSR count). The molecule has 3 N–H and O–H groups in total. The predicted octanol–water partition coefficient (Wildman–Crippen LogP) is 1.93. The summed E-state index contributed by atoms with van der Waals surface area (Å²) in [6, 6.07) is 3.98. The van der Waals surface area contributed by atoms with E-state index in [4.69, 9.17) is 5.14 Å². The van der Waals surface area contributed by atoms with Gasteiger partial charge in [-0.15, -0.1) is 11.3 Å². The molecule has 9 heteroatoms. The molecule has 0 aliphatic rings. The summed E-state index contributed by atoms with van der Waals surface area (Å²) < 4.78 is 47.7. The lowest BCUT2D eigenvalue weighted by molar-refractivity contribution is 0.102. The number of rotatable bonds is 3. The maximum atomic E-state index is 13.0. The van der Waals surface area contributed by atoms with Gasteiger partial charge in [0, 0.05) is 17.1 Å². The van der Waals surface area contributed by atoms with Gasteiger partial charge in [-0.3, -0.25) is 4.79 Å². The number of nitrogens with two attached hydrogens (primary N) is 1. The summed E-state index contributed by atoms with van der Waals surface area (Å²) in [5.74, 6) is -2.78. The quantitative estimate of drug-likeness (QED) is 0.906. The van der Waals surface area contributed by atoms with Gasteiger partial charge >= 0.3 is 0 Å². The number of benzene rings is 1. The van der Waals surface area contributed by atoms with Crippen LogP contribution in [0.3, 0.4) is 0 Å². The van der Waals surface area contributed by atoms with Crippen LogP contribution in [0.2, 0.25) is 0 Å². The van der Waals surface area contributed by atoms with Gasteiger partial charge in [0.1, 0.15) is 4.21 Å². The first-order valence-corrected chi connectivity index (χ1v) is 7.58. The molecule has 0 aliphatic heterocycles. The Morgan fingerprint density at radius 1 is 1.20 bits per heavy atom. The molecule has 0 spiro atoms. The zero-order valence-electron chi connectivity index (χ0n) is 9.76. The number of carbonyl (C=O) groups excluding carboxylic acids is 1. The van der Waals surface area contributed by atoms with Gasteiger partial charge in [0.15, 0.2) is 11.6 Å². The molecular weight excluding hydrogens is 310 g/mol. The Kier molecular flexibility index (Phi) is 3.84. The van der Waals surface area contributed by atoms with E-state index in [2.05, 4.69) is 5.32 Å². The van der Waals surface area contributed by atoms with Gasteiger partial charge in [0.05, 0.1) is 5.56 Å². The zero-order chi connectivity index (χ0) is 14.9. The monoisotopic (exact) mass is 318 g/mol. The topological polar surface area (TPSA) is 89.3 Å². The fourth-order valence-corrected chi connectivity index (χ4v) is 2.95. The van der Waals surface area contributed by atoms with Crippen molar-refractivity contribution in [2.45, 2.75) is 4.21 Å². The van der Waals surface area contributed by atoms with Crippen molar-refractivity contribution < 1.29 is 22.0 Å². The minimum Gasteiger partial charge on any atom is -0.322 e. The summed E-state index contributed by atoms with van der Waals surface area (Å²) in [5, 5.41) is 8.54. The molecule has 0 radical (unpaired) electrons. The van der Waals surface area contributed by atoms with Crippen molar-refractivity contribution in [1.82, 2.24) is 0 Å². The molecule has 0 bridgehead atoms. The Labute approximate surface area is 117 Å². The Morgan fingerprint density at radius 2 is 1.90 bits per heavy atom. The third-order valence-corrected chi connectivity index (χ3v) is 4.68. The van der Waals surface area contributed by atoms with E-state index in [9.17, 15) is 22.0 Å². The molecule has 1 aromatic carbocycles. The maximum absolute atomic E-state index is 13.0. The molecule has 0 saturated carbocycles. The molecule has 0 atom stereocenters. The number of thiophene rings is 1. The third kappa shape index (κ3) is 3.18. The van der Waals surface area contributed by atoms with Gasteiger partial charge < -0.3 is 5.32 Å². The Balaban J connectivity index is 2.20. The highest BCUT2D eigenvalue weighted by molar-refractivity contribution is 7.91. The number of nitrogens with one attached hydrogen (secondary N) is 1. The van der Waals surface area contributed by atoms with Crippen molar-refractivity contribution in [3.05, 3.63) is 46.8 Å². The molecule has 1 aromatic heterocycles. The number of amides is 1. The second-order valence-electron chi connectivity index (χ2n) is 3.78. The molecular formula is C11H8F2N2O3S2. The molecule has 2 aromatic rings. The van der Waals surface area contributed by atoms with Crippen molar-refractivity contribution >= 4 is 33.0 Å². The van der Waals surface area contributed by atoms with Crippen LogP contribution in [0.25, 0.3) is 0 Å².